The first-order chi connectivity index (χ1) is 5.61. The Balaban J connectivity index is 2.96. The number of halogens is 1. The minimum absolute atomic E-state index is 0.628. The molecule has 0 fully saturated rings. The zero-order chi connectivity index (χ0) is 9.14. The number of benzene rings is 1. The van der Waals surface area contributed by atoms with Gasteiger partial charge in [0, 0.05) is 14.1 Å². The zero-order valence-electron chi connectivity index (χ0n) is 7.13. The first-order valence-electron chi connectivity index (χ1n) is 3.59. The van der Waals surface area contributed by atoms with E-state index in [-0.39, 0.29) is 0 Å². The van der Waals surface area contributed by atoms with Crippen molar-refractivity contribution in [1.82, 2.24) is 5.01 Å². The molecule has 1 rings (SSSR count). The molecule has 0 heterocycles. The van der Waals surface area contributed by atoms with Crippen LogP contribution in [0, 0.1) is 0 Å². The van der Waals surface area contributed by atoms with Crippen molar-refractivity contribution < 1.29 is 0 Å². The van der Waals surface area contributed by atoms with Crippen LogP contribution in [0.2, 0.25) is 5.02 Å². The fourth-order valence-electron chi connectivity index (χ4n) is 0.882. The van der Waals surface area contributed by atoms with E-state index < -0.39 is 0 Å². The number of anilines is 2. The Morgan fingerprint density at radius 3 is 2.58 bits per heavy atom. The first-order valence-corrected chi connectivity index (χ1v) is 3.97. The third kappa shape index (κ3) is 2.03. The molecule has 0 radical (unpaired) electrons. The van der Waals surface area contributed by atoms with Crippen LogP contribution >= 0.6 is 11.6 Å². The van der Waals surface area contributed by atoms with E-state index in [0.29, 0.717) is 10.7 Å². The topological polar surface area (TPSA) is 41.3 Å². The molecule has 0 saturated carbocycles. The number of hydrogen-bond acceptors (Lipinski definition) is 3. The number of hydrogen-bond donors (Lipinski definition) is 2. The normalized spacial score (nSPS) is 10.3. The summed E-state index contributed by atoms with van der Waals surface area (Å²) in [7, 11) is 3.76. The summed E-state index contributed by atoms with van der Waals surface area (Å²) < 4.78 is 0. The van der Waals surface area contributed by atoms with Gasteiger partial charge in [-0.3, -0.25) is 0 Å². The van der Waals surface area contributed by atoms with Crippen LogP contribution in [0.5, 0.6) is 0 Å². The minimum atomic E-state index is 0.628. The maximum absolute atomic E-state index is 5.90. The molecule has 0 aliphatic heterocycles. The minimum Gasteiger partial charge on any atom is -0.397 e. The van der Waals surface area contributed by atoms with E-state index in [1.54, 1.807) is 17.1 Å². The second-order valence-electron chi connectivity index (χ2n) is 2.71. The molecule has 0 aliphatic carbocycles. The fourth-order valence-corrected chi connectivity index (χ4v) is 1.11. The van der Waals surface area contributed by atoms with Crippen LogP contribution < -0.4 is 11.2 Å². The molecular weight excluding hydrogens is 174 g/mol. The molecule has 3 nitrogen and oxygen atoms in total. The molecule has 3 N–H and O–H groups in total. The van der Waals surface area contributed by atoms with Crippen LogP contribution in [0.1, 0.15) is 0 Å². The van der Waals surface area contributed by atoms with Crippen molar-refractivity contribution in [3.63, 3.8) is 0 Å². The van der Waals surface area contributed by atoms with Gasteiger partial charge in [-0.1, -0.05) is 17.7 Å². The molecule has 0 bridgehead atoms. The Morgan fingerprint density at radius 2 is 2.08 bits per heavy atom. The quantitative estimate of drug-likeness (QED) is 0.546. The lowest BCUT2D eigenvalue weighted by atomic mass is 10.3. The molecule has 0 saturated heterocycles. The lowest BCUT2D eigenvalue weighted by molar-refractivity contribution is 0.496. The van der Waals surface area contributed by atoms with Gasteiger partial charge in [-0.05, 0) is 12.1 Å². The Morgan fingerprint density at radius 1 is 1.42 bits per heavy atom. The predicted octanol–water partition coefficient (Wildman–Crippen LogP) is 1.81. The zero-order valence-corrected chi connectivity index (χ0v) is 7.89. The summed E-state index contributed by atoms with van der Waals surface area (Å²) in [6, 6.07) is 5.42. The van der Waals surface area contributed by atoms with Crippen molar-refractivity contribution in [2.24, 2.45) is 0 Å². The molecule has 0 aromatic heterocycles. The molecule has 1 aromatic rings. The molecular formula is C8H12ClN3. The Hall–Kier alpha value is -0.930. The average molecular weight is 186 g/mol. The molecule has 66 valence electrons. The number of rotatable bonds is 2. The van der Waals surface area contributed by atoms with Crippen LogP contribution in [0.4, 0.5) is 11.4 Å². The molecule has 0 amide bonds. The van der Waals surface area contributed by atoms with E-state index in [1.807, 2.05) is 20.2 Å². The van der Waals surface area contributed by atoms with Gasteiger partial charge in [0.15, 0.2) is 0 Å². The fraction of sp³-hybridized carbons (Fsp3) is 0.250. The molecule has 1 aromatic carbocycles. The molecule has 12 heavy (non-hydrogen) atoms. The monoisotopic (exact) mass is 185 g/mol. The van der Waals surface area contributed by atoms with Crippen molar-refractivity contribution in [3.8, 4) is 0 Å². The molecule has 0 spiro atoms. The second-order valence-corrected chi connectivity index (χ2v) is 3.12. The standard InChI is InChI=1S/C8H12ClN3/c1-12(2)11-8-6(9)4-3-5-7(8)10/h3-5,11H,10H2,1-2H3. The van der Waals surface area contributed by atoms with Crippen LogP contribution in [-0.2, 0) is 0 Å². The van der Waals surface area contributed by atoms with Gasteiger partial charge in [0.2, 0.25) is 0 Å². The van der Waals surface area contributed by atoms with E-state index in [2.05, 4.69) is 5.43 Å². The highest BCUT2D eigenvalue weighted by atomic mass is 35.5. The lowest BCUT2D eigenvalue weighted by Gasteiger charge is -2.16. The number of nitrogens with one attached hydrogen (secondary N) is 1. The average Bonchev–Trinajstić information content (AvgIpc) is 1.97. The van der Waals surface area contributed by atoms with Crippen molar-refractivity contribution in [2.75, 3.05) is 25.3 Å². The largest absolute Gasteiger partial charge is 0.397 e. The molecule has 0 aliphatic rings. The molecule has 0 atom stereocenters. The number of nitrogen functional groups attached to an aromatic ring is 1. The highest BCUT2D eigenvalue weighted by Crippen LogP contribution is 2.27. The third-order valence-corrected chi connectivity index (χ3v) is 1.70. The smallest absolute Gasteiger partial charge is 0.0908 e. The SMILES string of the molecule is CN(C)Nc1c(N)cccc1Cl. The van der Waals surface area contributed by atoms with Gasteiger partial charge < -0.3 is 11.2 Å². The van der Waals surface area contributed by atoms with E-state index in [1.165, 1.54) is 0 Å². The number of hydrazine groups is 1. The van der Waals surface area contributed by atoms with Gasteiger partial charge in [-0.15, -0.1) is 0 Å². The summed E-state index contributed by atoms with van der Waals surface area (Å²) >= 11 is 5.90. The van der Waals surface area contributed by atoms with Gasteiger partial charge in [0.1, 0.15) is 0 Å². The van der Waals surface area contributed by atoms with Crippen LogP contribution in [0.3, 0.4) is 0 Å². The van der Waals surface area contributed by atoms with Crippen LogP contribution in [0.15, 0.2) is 18.2 Å². The second kappa shape index (κ2) is 3.65. The number of nitrogens with two attached hydrogens (primary N) is 1. The predicted molar refractivity (Wildman–Crippen MR) is 53.2 cm³/mol. The van der Waals surface area contributed by atoms with E-state index in [9.17, 15) is 0 Å². The van der Waals surface area contributed by atoms with E-state index in [4.69, 9.17) is 17.3 Å². The van der Waals surface area contributed by atoms with Gasteiger partial charge in [0.25, 0.3) is 0 Å². The van der Waals surface area contributed by atoms with Gasteiger partial charge >= 0.3 is 0 Å². The maximum Gasteiger partial charge on any atom is 0.0908 e. The number of nitrogens with zero attached hydrogens (tertiary/aromatic N) is 1. The van der Waals surface area contributed by atoms with Gasteiger partial charge in [0.05, 0.1) is 16.4 Å². The van der Waals surface area contributed by atoms with Crippen LogP contribution in [0.25, 0.3) is 0 Å². The molecule has 0 unspecified atom stereocenters. The highest BCUT2D eigenvalue weighted by Gasteiger charge is 2.03. The summed E-state index contributed by atoms with van der Waals surface area (Å²) in [6.45, 7) is 0. The lowest BCUT2D eigenvalue weighted by Crippen LogP contribution is -2.20. The van der Waals surface area contributed by atoms with Gasteiger partial charge in [-0.25, -0.2) is 5.01 Å². The van der Waals surface area contributed by atoms with Crippen molar-refractivity contribution in [3.05, 3.63) is 23.2 Å². The van der Waals surface area contributed by atoms with Crippen LogP contribution in [-0.4, -0.2) is 19.1 Å². The van der Waals surface area contributed by atoms with Crippen molar-refractivity contribution in [2.45, 2.75) is 0 Å². The summed E-state index contributed by atoms with van der Waals surface area (Å²) in [4.78, 5) is 0. The maximum atomic E-state index is 5.90. The summed E-state index contributed by atoms with van der Waals surface area (Å²) in [6.07, 6.45) is 0. The van der Waals surface area contributed by atoms with Gasteiger partial charge in [-0.2, -0.15) is 0 Å². The Bertz CT molecular complexity index is 253. The first kappa shape index (κ1) is 9.16. The van der Waals surface area contributed by atoms with Crippen molar-refractivity contribution in [1.29, 1.82) is 0 Å². The van der Waals surface area contributed by atoms with E-state index >= 15 is 0 Å². The summed E-state index contributed by atoms with van der Waals surface area (Å²) in [5.41, 5.74) is 10.1. The number of para-hydroxylation sites is 1. The Labute approximate surface area is 77.1 Å². The Kier molecular flexibility index (Phi) is 2.78. The molecule has 4 heteroatoms. The summed E-state index contributed by atoms with van der Waals surface area (Å²) in [5, 5.41) is 2.42. The van der Waals surface area contributed by atoms with E-state index in [0.717, 1.165) is 5.69 Å². The van der Waals surface area contributed by atoms with Crippen molar-refractivity contribution >= 4 is 23.0 Å². The summed E-state index contributed by atoms with van der Waals surface area (Å²) in [5.74, 6) is 0. The highest BCUT2D eigenvalue weighted by molar-refractivity contribution is 6.33. The third-order valence-electron chi connectivity index (χ3n) is 1.38.